The Labute approximate surface area is 136 Å². The zero-order valence-electron chi connectivity index (χ0n) is 11.0. The Morgan fingerprint density at radius 3 is 2.37 bits per heavy atom. The normalized spacial score (nSPS) is 13.6. The second kappa shape index (κ2) is 5.77. The molecule has 4 heteroatoms. The number of halogens is 3. The SMILES string of the molecule is CC(C)(C)c1ccc(C(Cl)c2cc(Cl)cc(Br)c2)s1. The molecule has 0 N–H and O–H groups in total. The first-order chi connectivity index (χ1) is 8.77. The fourth-order valence-electron chi connectivity index (χ4n) is 1.78. The van der Waals surface area contributed by atoms with Gasteiger partial charge in [-0.1, -0.05) is 48.3 Å². The first kappa shape index (κ1) is 15.4. The molecule has 0 saturated heterocycles. The summed E-state index contributed by atoms with van der Waals surface area (Å²) in [7, 11) is 0. The lowest BCUT2D eigenvalue weighted by molar-refractivity contribution is 0.604. The van der Waals surface area contributed by atoms with Crippen molar-refractivity contribution >= 4 is 50.5 Å². The van der Waals surface area contributed by atoms with E-state index in [1.807, 2.05) is 18.2 Å². The molecule has 1 unspecified atom stereocenters. The van der Waals surface area contributed by atoms with Crippen molar-refractivity contribution in [2.45, 2.75) is 31.6 Å². The van der Waals surface area contributed by atoms with E-state index in [9.17, 15) is 0 Å². The van der Waals surface area contributed by atoms with Crippen molar-refractivity contribution in [2.24, 2.45) is 0 Å². The van der Waals surface area contributed by atoms with Crippen LogP contribution in [0.15, 0.2) is 34.8 Å². The standard InChI is InChI=1S/C15H15BrCl2S/c1-15(2,3)13-5-4-12(19-13)14(18)9-6-10(16)8-11(17)7-9/h4-8,14H,1-3H3. The van der Waals surface area contributed by atoms with E-state index in [1.165, 1.54) is 4.88 Å². The summed E-state index contributed by atoms with van der Waals surface area (Å²) < 4.78 is 0.952. The molecule has 2 rings (SSSR count). The highest BCUT2D eigenvalue weighted by molar-refractivity contribution is 9.10. The van der Waals surface area contributed by atoms with Crippen LogP contribution in [0.1, 0.15) is 41.5 Å². The van der Waals surface area contributed by atoms with Crippen LogP contribution in [0.3, 0.4) is 0 Å². The van der Waals surface area contributed by atoms with E-state index >= 15 is 0 Å². The van der Waals surface area contributed by atoms with Crippen LogP contribution in [0.2, 0.25) is 5.02 Å². The molecule has 2 aromatic rings. The summed E-state index contributed by atoms with van der Waals surface area (Å²) in [5, 5.41) is 0.540. The second-order valence-electron chi connectivity index (χ2n) is 5.52. The Hall–Kier alpha value is -0.0200. The van der Waals surface area contributed by atoms with Crippen LogP contribution in [0, 0.1) is 0 Å². The highest BCUT2D eigenvalue weighted by atomic mass is 79.9. The maximum absolute atomic E-state index is 6.57. The van der Waals surface area contributed by atoms with Crippen LogP contribution in [0.4, 0.5) is 0 Å². The molecule has 0 spiro atoms. The molecular weight excluding hydrogens is 363 g/mol. The smallest absolute Gasteiger partial charge is 0.0928 e. The molecule has 19 heavy (non-hydrogen) atoms. The first-order valence-corrected chi connectivity index (χ1v) is 8.40. The van der Waals surface area contributed by atoms with Gasteiger partial charge in [-0.2, -0.15) is 0 Å². The van der Waals surface area contributed by atoms with Crippen molar-refractivity contribution in [2.75, 3.05) is 0 Å². The van der Waals surface area contributed by atoms with Crippen LogP contribution in [0.5, 0.6) is 0 Å². The zero-order chi connectivity index (χ0) is 14.2. The van der Waals surface area contributed by atoms with Crippen LogP contribution in [-0.4, -0.2) is 0 Å². The van der Waals surface area contributed by atoms with Crippen molar-refractivity contribution in [1.29, 1.82) is 0 Å². The van der Waals surface area contributed by atoms with Gasteiger partial charge in [0.2, 0.25) is 0 Å². The Morgan fingerprint density at radius 2 is 1.84 bits per heavy atom. The van der Waals surface area contributed by atoms with Gasteiger partial charge in [-0.25, -0.2) is 0 Å². The summed E-state index contributed by atoms with van der Waals surface area (Å²) in [4.78, 5) is 2.50. The minimum Gasteiger partial charge on any atom is -0.143 e. The summed E-state index contributed by atoms with van der Waals surface area (Å²) in [5.41, 5.74) is 1.18. The summed E-state index contributed by atoms with van der Waals surface area (Å²) in [6.07, 6.45) is 0. The second-order valence-corrected chi connectivity index (χ2v) is 8.42. The molecule has 0 fully saturated rings. The van der Waals surface area contributed by atoms with Crippen molar-refractivity contribution in [3.05, 3.63) is 55.1 Å². The Morgan fingerprint density at radius 1 is 1.16 bits per heavy atom. The van der Waals surface area contributed by atoms with E-state index in [4.69, 9.17) is 23.2 Å². The average Bonchev–Trinajstić information content (AvgIpc) is 2.75. The fourth-order valence-corrected chi connectivity index (χ4v) is 4.07. The van der Waals surface area contributed by atoms with Crippen LogP contribution in [-0.2, 0) is 5.41 Å². The minimum absolute atomic E-state index is 0.156. The van der Waals surface area contributed by atoms with E-state index in [0.717, 1.165) is 14.9 Å². The Balaban J connectivity index is 2.33. The van der Waals surface area contributed by atoms with Crippen LogP contribution >= 0.6 is 50.5 Å². The van der Waals surface area contributed by atoms with Crippen molar-refractivity contribution < 1.29 is 0 Å². The predicted molar refractivity (Wildman–Crippen MR) is 89.9 cm³/mol. The lowest BCUT2D eigenvalue weighted by Gasteiger charge is -2.15. The number of thiophene rings is 1. The van der Waals surface area contributed by atoms with Crippen LogP contribution < -0.4 is 0 Å². The largest absolute Gasteiger partial charge is 0.143 e. The van der Waals surface area contributed by atoms with Gasteiger partial charge in [0.1, 0.15) is 0 Å². The van der Waals surface area contributed by atoms with Crippen molar-refractivity contribution in [1.82, 2.24) is 0 Å². The molecule has 1 heterocycles. The number of alkyl halides is 1. The lowest BCUT2D eigenvalue weighted by atomic mass is 9.95. The molecule has 0 nitrogen and oxygen atoms in total. The van der Waals surface area contributed by atoms with Gasteiger partial charge in [0.25, 0.3) is 0 Å². The summed E-state index contributed by atoms with van der Waals surface area (Å²) in [5.74, 6) is 0. The van der Waals surface area contributed by atoms with E-state index in [2.05, 4.69) is 48.8 Å². The molecule has 0 aliphatic heterocycles. The van der Waals surface area contributed by atoms with Gasteiger partial charge in [0.15, 0.2) is 0 Å². The molecule has 0 bridgehead atoms. The predicted octanol–water partition coefficient (Wildman–Crippen LogP) is 6.79. The first-order valence-electron chi connectivity index (χ1n) is 5.97. The van der Waals surface area contributed by atoms with E-state index in [1.54, 1.807) is 11.3 Å². The molecule has 0 radical (unpaired) electrons. The zero-order valence-corrected chi connectivity index (χ0v) is 14.9. The third-order valence-electron chi connectivity index (χ3n) is 2.79. The maximum Gasteiger partial charge on any atom is 0.0928 e. The molecule has 0 aliphatic rings. The monoisotopic (exact) mass is 376 g/mol. The quantitative estimate of drug-likeness (QED) is 0.505. The summed E-state index contributed by atoms with van der Waals surface area (Å²) in [6, 6.07) is 10.1. The molecule has 1 aromatic carbocycles. The molecule has 0 aliphatic carbocycles. The van der Waals surface area contributed by atoms with Crippen molar-refractivity contribution in [3.63, 3.8) is 0 Å². The van der Waals surface area contributed by atoms with Gasteiger partial charge in [-0.15, -0.1) is 22.9 Å². The molecule has 0 amide bonds. The molecule has 1 aromatic heterocycles. The average molecular weight is 378 g/mol. The maximum atomic E-state index is 6.57. The van der Waals surface area contributed by atoms with Crippen molar-refractivity contribution in [3.8, 4) is 0 Å². The van der Waals surface area contributed by atoms with Gasteiger partial charge in [0, 0.05) is 19.2 Å². The highest BCUT2D eigenvalue weighted by Crippen LogP contribution is 2.39. The van der Waals surface area contributed by atoms with Gasteiger partial charge < -0.3 is 0 Å². The van der Waals surface area contributed by atoms with Crippen LogP contribution in [0.25, 0.3) is 0 Å². The molecule has 0 saturated carbocycles. The summed E-state index contributed by atoms with van der Waals surface area (Å²) in [6.45, 7) is 6.63. The fraction of sp³-hybridized carbons (Fsp3) is 0.333. The number of hydrogen-bond acceptors (Lipinski definition) is 1. The Bertz CT molecular complexity index is 564. The van der Waals surface area contributed by atoms with E-state index < -0.39 is 0 Å². The highest BCUT2D eigenvalue weighted by Gasteiger charge is 2.20. The molecule has 102 valence electrons. The lowest BCUT2D eigenvalue weighted by Crippen LogP contribution is -2.07. The van der Waals surface area contributed by atoms with Gasteiger partial charge in [-0.3, -0.25) is 0 Å². The molecule has 1 atom stereocenters. The number of benzene rings is 1. The van der Waals surface area contributed by atoms with Gasteiger partial charge in [-0.05, 0) is 41.3 Å². The Kier molecular flexibility index (Phi) is 4.67. The number of rotatable bonds is 2. The topological polar surface area (TPSA) is 0 Å². The third-order valence-corrected chi connectivity index (χ3v) is 5.66. The van der Waals surface area contributed by atoms with Gasteiger partial charge in [0.05, 0.1) is 5.38 Å². The van der Waals surface area contributed by atoms with Gasteiger partial charge >= 0.3 is 0 Å². The van der Waals surface area contributed by atoms with E-state index in [-0.39, 0.29) is 10.8 Å². The van der Waals surface area contributed by atoms with E-state index in [0.29, 0.717) is 5.02 Å². The third kappa shape index (κ3) is 3.75. The summed E-state index contributed by atoms with van der Waals surface area (Å²) >= 11 is 17.9. The minimum atomic E-state index is -0.156. The number of hydrogen-bond donors (Lipinski definition) is 0. The molecular formula is C15H15BrCl2S.